The second kappa shape index (κ2) is 7.17. The molecular formula is C14H23NO2. The minimum Gasteiger partial charge on any atom is -0.493 e. The first-order valence-corrected chi connectivity index (χ1v) is 6.20. The molecule has 0 saturated carbocycles. The Morgan fingerprint density at radius 3 is 2.41 bits per heavy atom. The van der Waals surface area contributed by atoms with Gasteiger partial charge in [-0.25, -0.2) is 0 Å². The molecule has 3 heteroatoms. The van der Waals surface area contributed by atoms with Crippen LogP contribution in [0.1, 0.15) is 30.9 Å². The van der Waals surface area contributed by atoms with E-state index in [4.69, 9.17) is 15.2 Å². The molecule has 0 aromatic heterocycles. The van der Waals surface area contributed by atoms with Gasteiger partial charge < -0.3 is 15.2 Å². The largest absolute Gasteiger partial charge is 0.493 e. The van der Waals surface area contributed by atoms with Crippen LogP contribution in [0, 0.1) is 0 Å². The quantitative estimate of drug-likeness (QED) is 0.741. The summed E-state index contributed by atoms with van der Waals surface area (Å²) >= 11 is 0. The lowest BCUT2D eigenvalue weighted by Crippen LogP contribution is -2.01. The van der Waals surface area contributed by atoms with Crippen LogP contribution in [-0.2, 0) is 12.8 Å². The van der Waals surface area contributed by atoms with Crippen LogP contribution >= 0.6 is 0 Å². The number of aryl methyl sites for hydroxylation is 2. The lowest BCUT2D eigenvalue weighted by molar-refractivity contribution is 0.351. The van der Waals surface area contributed by atoms with Crippen molar-refractivity contribution < 1.29 is 9.47 Å². The molecule has 0 unspecified atom stereocenters. The predicted octanol–water partition coefficient (Wildman–Crippen LogP) is 2.55. The normalized spacial score (nSPS) is 10.4. The van der Waals surface area contributed by atoms with E-state index in [1.54, 1.807) is 14.2 Å². The van der Waals surface area contributed by atoms with Crippen molar-refractivity contribution in [1.29, 1.82) is 0 Å². The van der Waals surface area contributed by atoms with Crippen LogP contribution in [0.2, 0.25) is 0 Å². The minimum absolute atomic E-state index is 0.743. The van der Waals surface area contributed by atoms with Crippen LogP contribution in [0.4, 0.5) is 0 Å². The first-order chi connectivity index (χ1) is 8.26. The molecule has 17 heavy (non-hydrogen) atoms. The van der Waals surface area contributed by atoms with E-state index in [2.05, 4.69) is 13.0 Å². The SMILES string of the molecule is CCc1cc(CCCCN)c(OC)c(OC)c1. The predicted molar refractivity (Wildman–Crippen MR) is 70.9 cm³/mol. The third-order valence-corrected chi connectivity index (χ3v) is 2.92. The summed E-state index contributed by atoms with van der Waals surface area (Å²) in [5.41, 5.74) is 8.02. The third-order valence-electron chi connectivity index (χ3n) is 2.92. The summed E-state index contributed by atoms with van der Waals surface area (Å²) in [7, 11) is 3.37. The van der Waals surface area contributed by atoms with Gasteiger partial charge in [0.15, 0.2) is 11.5 Å². The molecule has 1 aromatic carbocycles. The number of benzene rings is 1. The van der Waals surface area contributed by atoms with Gasteiger partial charge in [-0.3, -0.25) is 0 Å². The van der Waals surface area contributed by atoms with Crippen LogP contribution in [0.15, 0.2) is 12.1 Å². The molecule has 0 aliphatic heterocycles. The Bertz CT molecular complexity index is 350. The monoisotopic (exact) mass is 237 g/mol. The molecule has 0 atom stereocenters. The maximum absolute atomic E-state index is 5.52. The number of nitrogens with two attached hydrogens (primary N) is 1. The zero-order valence-electron chi connectivity index (χ0n) is 11.1. The van der Waals surface area contributed by atoms with Crippen molar-refractivity contribution in [1.82, 2.24) is 0 Å². The van der Waals surface area contributed by atoms with Crippen molar-refractivity contribution in [2.45, 2.75) is 32.6 Å². The Morgan fingerprint density at radius 1 is 1.12 bits per heavy atom. The second-order valence-electron chi connectivity index (χ2n) is 4.09. The van der Waals surface area contributed by atoms with E-state index in [9.17, 15) is 0 Å². The van der Waals surface area contributed by atoms with Gasteiger partial charge in [0.1, 0.15) is 0 Å². The fourth-order valence-corrected chi connectivity index (χ4v) is 1.96. The number of unbranched alkanes of at least 4 members (excludes halogenated alkanes) is 1. The summed E-state index contributed by atoms with van der Waals surface area (Å²) in [6, 6.07) is 4.25. The van der Waals surface area contributed by atoms with Gasteiger partial charge in [-0.15, -0.1) is 0 Å². The highest BCUT2D eigenvalue weighted by molar-refractivity contribution is 5.49. The van der Waals surface area contributed by atoms with Crippen LogP contribution < -0.4 is 15.2 Å². The summed E-state index contributed by atoms with van der Waals surface area (Å²) in [5.74, 6) is 1.69. The average Bonchev–Trinajstić information content (AvgIpc) is 2.37. The molecule has 0 fully saturated rings. The highest BCUT2D eigenvalue weighted by Gasteiger charge is 2.11. The Kier molecular flexibility index (Phi) is 5.84. The highest BCUT2D eigenvalue weighted by atomic mass is 16.5. The molecule has 1 rings (SSSR count). The van der Waals surface area contributed by atoms with E-state index in [0.717, 1.165) is 43.7 Å². The summed E-state index contributed by atoms with van der Waals surface area (Å²) < 4.78 is 10.8. The highest BCUT2D eigenvalue weighted by Crippen LogP contribution is 2.33. The van der Waals surface area contributed by atoms with Crippen LogP contribution in [-0.4, -0.2) is 20.8 Å². The van der Waals surface area contributed by atoms with Gasteiger partial charge in [0, 0.05) is 0 Å². The average molecular weight is 237 g/mol. The molecule has 0 heterocycles. The molecule has 0 spiro atoms. The molecule has 3 nitrogen and oxygen atoms in total. The van der Waals surface area contributed by atoms with Crippen LogP contribution in [0.5, 0.6) is 11.5 Å². The van der Waals surface area contributed by atoms with Crippen molar-refractivity contribution in [3.05, 3.63) is 23.3 Å². The fourth-order valence-electron chi connectivity index (χ4n) is 1.96. The van der Waals surface area contributed by atoms with Crippen molar-refractivity contribution in [3.8, 4) is 11.5 Å². The first kappa shape index (κ1) is 13.8. The molecule has 1 aromatic rings. The molecular weight excluding hydrogens is 214 g/mol. The van der Waals surface area contributed by atoms with Crippen molar-refractivity contribution in [3.63, 3.8) is 0 Å². The Labute approximate surface area is 104 Å². The number of hydrogen-bond acceptors (Lipinski definition) is 3. The van der Waals surface area contributed by atoms with Gasteiger partial charge >= 0.3 is 0 Å². The van der Waals surface area contributed by atoms with Crippen LogP contribution in [0.3, 0.4) is 0 Å². The smallest absolute Gasteiger partial charge is 0.163 e. The van der Waals surface area contributed by atoms with E-state index in [-0.39, 0.29) is 0 Å². The lowest BCUT2D eigenvalue weighted by Gasteiger charge is -2.14. The topological polar surface area (TPSA) is 44.5 Å². The molecule has 0 radical (unpaired) electrons. The van der Waals surface area contributed by atoms with Crippen molar-refractivity contribution in [2.75, 3.05) is 20.8 Å². The Balaban J connectivity index is 2.97. The molecule has 0 aliphatic rings. The third kappa shape index (κ3) is 3.63. The Morgan fingerprint density at radius 2 is 1.88 bits per heavy atom. The van der Waals surface area contributed by atoms with Gasteiger partial charge in [0.2, 0.25) is 0 Å². The zero-order chi connectivity index (χ0) is 12.7. The molecule has 0 bridgehead atoms. The molecule has 0 aliphatic carbocycles. The molecule has 96 valence electrons. The lowest BCUT2D eigenvalue weighted by atomic mass is 10.0. The maximum Gasteiger partial charge on any atom is 0.163 e. The first-order valence-electron chi connectivity index (χ1n) is 6.20. The van der Waals surface area contributed by atoms with Gasteiger partial charge in [0.05, 0.1) is 14.2 Å². The number of methoxy groups -OCH3 is 2. The maximum atomic E-state index is 5.52. The molecule has 2 N–H and O–H groups in total. The second-order valence-corrected chi connectivity index (χ2v) is 4.09. The van der Waals surface area contributed by atoms with Gasteiger partial charge in [-0.1, -0.05) is 13.0 Å². The van der Waals surface area contributed by atoms with Gasteiger partial charge in [-0.05, 0) is 49.4 Å². The summed E-state index contributed by atoms with van der Waals surface area (Å²) in [6.45, 7) is 2.89. The summed E-state index contributed by atoms with van der Waals surface area (Å²) in [4.78, 5) is 0. The molecule has 0 amide bonds. The minimum atomic E-state index is 0.743. The number of rotatable bonds is 7. The van der Waals surface area contributed by atoms with E-state index >= 15 is 0 Å². The fraction of sp³-hybridized carbons (Fsp3) is 0.571. The van der Waals surface area contributed by atoms with Crippen molar-refractivity contribution in [2.24, 2.45) is 5.73 Å². The van der Waals surface area contributed by atoms with Gasteiger partial charge in [-0.2, -0.15) is 0 Å². The number of ether oxygens (including phenoxy) is 2. The molecule has 0 saturated heterocycles. The number of hydrogen-bond donors (Lipinski definition) is 1. The van der Waals surface area contributed by atoms with Crippen LogP contribution in [0.25, 0.3) is 0 Å². The van der Waals surface area contributed by atoms with E-state index < -0.39 is 0 Å². The van der Waals surface area contributed by atoms with Crippen molar-refractivity contribution >= 4 is 0 Å². The Hall–Kier alpha value is -1.22. The van der Waals surface area contributed by atoms with Gasteiger partial charge in [0.25, 0.3) is 0 Å². The van der Waals surface area contributed by atoms with E-state index in [1.165, 1.54) is 11.1 Å². The zero-order valence-corrected chi connectivity index (χ0v) is 11.1. The standard InChI is InChI=1S/C14H23NO2/c1-4-11-9-12(7-5-6-8-15)14(17-3)13(10-11)16-2/h9-10H,4-8,15H2,1-3H3. The van der Waals surface area contributed by atoms with E-state index in [0.29, 0.717) is 0 Å². The van der Waals surface area contributed by atoms with E-state index in [1.807, 2.05) is 6.07 Å². The summed E-state index contributed by atoms with van der Waals surface area (Å²) in [5, 5.41) is 0. The summed E-state index contributed by atoms with van der Waals surface area (Å²) in [6.07, 6.45) is 4.12.